The van der Waals surface area contributed by atoms with Crippen LogP contribution >= 0.6 is 0 Å². The number of nitrogens with zero attached hydrogens (tertiary/aromatic N) is 2. The lowest BCUT2D eigenvalue weighted by Gasteiger charge is -2.11. The molecule has 0 aliphatic rings. The van der Waals surface area contributed by atoms with Crippen molar-refractivity contribution in [2.75, 3.05) is 45.1 Å². The van der Waals surface area contributed by atoms with Gasteiger partial charge >= 0.3 is 0 Å². The summed E-state index contributed by atoms with van der Waals surface area (Å²) >= 11 is 0. The minimum absolute atomic E-state index is 0.209. The maximum atomic E-state index is 12.3. The Morgan fingerprint density at radius 3 is 2.60 bits per heavy atom. The first-order chi connectivity index (χ1) is 12.2. The number of ether oxygens (including phenoxy) is 3. The molecule has 1 aromatic carbocycles. The molecule has 2 N–H and O–H groups in total. The third-order valence-electron chi connectivity index (χ3n) is 3.37. The number of hydrogen-bond acceptors (Lipinski definition) is 7. The number of hydrogen-bond donors (Lipinski definition) is 2. The van der Waals surface area contributed by atoms with Gasteiger partial charge in [0.15, 0.2) is 0 Å². The van der Waals surface area contributed by atoms with Gasteiger partial charge in [-0.1, -0.05) is 0 Å². The van der Waals surface area contributed by atoms with Crippen molar-refractivity contribution in [2.24, 2.45) is 0 Å². The average Bonchev–Trinajstić information content (AvgIpc) is 2.66. The fourth-order valence-corrected chi connectivity index (χ4v) is 2.06. The van der Waals surface area contributed by atoms with Gasteiger partial charge in [-0.15, -0.1) is 0 Å². The molecule has 134 valence electrons. The Bertz CT molecular complexity index is 692. The van der Waals surface area contributed by atoms with Crippen LogP contribution in [-0.2, 0) is 4.74 Å². The Morgan fingerprint density at radius 2 is 1.96 bits per heavy atom. The molecule has 0 saturated carbocycles. The summed E-state index contributed by atoms with van der Waals surface area (Å²) in [4.78, 5) is 20.6. The van der Waals surface area contributed by atoms with E-state index in [1.165, 1.54) is 19.5 Å². The third kappa shape index (κ3) is 5.32. The second-order valence-electron chi connectivity index (χ2n) is 5.08. The summed E-state index contributed by atoms with van der Waals surface area (Å²) in [5.74, 6) is 1.37. The molecule has 1 amide bonds. The van der Waals surface area contributed by atoms with Gasteiger partial charge in [-0.05, 0) is 18.6 Å². The first-order valence-corrected chi connectivity index (χ1v) is 7.76. The zero-order chi connectivity index (χ0) is 18.1. The minimum Gasteiger partial charge on any atom is -0.497 e. The summed E-state index contributed by atoms with van der Waals surface area (Å²) < 4.78 is 15.4. The molecule has 0 unspecified atom stereocenters. The van der Waals surface area contributed by atoms with Crippen LogP contribution in [0, 0.1) is 0 Å². The van der Waals surface area contributed by atoms with Gasteiger partial charge in [0.2, 0.25) is 0 Å². The van der Waals surface area contributed by atoms with Crippen molar-refractivity contribution in [3.05, 3.63) is 36.3 Å². The van der Waals surface area contributed by atoms with Gasteiger partial charge < -0.3 is 24.8 Å². The SMILES string of the molecule is COCCCNc1cnc(C(=O)Nc2ccc(OC)cc2OC)cn1. The summed E-state index contributed by atoms with van der Waals surface area (Å²) in [7, 11) is 4.74. The topological polar surface area (TPSA) is 94.6 Å². The molecule has 0 aliphatic carbocycles. The lowest BCUT2D eigenvalue weighted by Crippen LogP contribution is -2.15. The molecule has 0 spiro atoms. The van der Waals surface area contributed by atoms with Crippen LogP contribution in [0.1, 0.15) is 16.9 Å². The van der Waals surface area contributed by atoms with E-state index in [1.54, 1.807) is 32.4 Å². The number of anilines is 2. The number of rotatable bonds is 9. The Morgan fingerprint density at radius 1 is 1.12 bits per heavy atom. The fourth-order valence-electron chi connectivity index (χ4n) is 2.06. The van der Waals surface area contributed by atoms with Crippen LogP contribution in [0.4, 0.5) is 11.5 Å². The number of carbonyl (C=O) groups excluding carboxylic acids is 1. The average molecular weight is 346 g/mol. The summed E-state index contributed by atoms with van der Waals surface area (Å²) in [5, 5.41) is 5.86. The second-order valence-corrected chi connectivity index (χ2v) is 5.08. The van der Waals surface area contributed by atoms with Crippen LogP contribution in [0.2, 0.25) is 0 Å². The van der Waals surface area contributed by atoms with Crippen molar-refractivity contribution >= 4 is 17.4 Å². The molecule has 8 heteroatoms. The van der Waals surface area contributed by atoms with Crippen molar-refractivity contribution in [2.45, 2.75) is 6.42 Å². The Labute approximate surface area is 146 Å². The van der Waals surface area contributed by atoms with Gasteiger partial charge in [0, 0.05) is 26.3 Å². The summed E-state index contributed by atoms with van der Waals surface area (Å²) in [5.41, 5.74) is 0.733. The normalized spacial score (nSPS) is 10.2. The molecule has 0 aliphatic heterocycles. The molecular formula is C17H22N4O4. The van der Waals surface area contributed by atoms with E-state index in [2.05, 4.69) is 20.6 Å². The summed E-state index contributed by atoms with van der Waals surface area (Å²) in [6.07, 6.45) is 3.80. The van der Waals surface area contributed by atoms with E-state index in [-0.39, 0.29) is 11.6 Å². The Hall–Kier alpha value is -2.87. The highest BCUT2D eigenvalue weighted by atomic mass is 16.5. The molecule has 0 atom stereocenters. The van der Waals surface area contributed by atoms with Gasteiger partial charge in [0.25, 0.3) is 5.91 Å². The zero-order valence-corrected chi connectivity index (χ0v) is 14.5. The van der Waals surface area contributed by atoms with E-state index in [9.17, 15) is 4.79 Å². The maximum absolute atomic E-state index is 12.3. The Balaban J connectivity index is 1.99. The predicted octanol–water partition coefficient (Wildman–Crippen LogP) is 2.19. The van der Waals surface area contributed by atoms with Crippen LogP contribution in [0.3, 0.4) is 0 Å². The highest BCUT2D eigenvalue weighted by molar-refractivity contribution is 6.03. The van der Waals surface area contributed by atoms with Gasteiger partial charge in [-0.2, -0.15) is 0 Å². The van der Waals surface area contributed by atoms with E-state index < -0.39 is 0 Å². The lowest BCUT2D eigenvalue weighted by atomic mass is 10.2. The standard InChI is InChI=1S/C17H22N4O4/c1-23-8-4-7-18-16-11-19-14(10-20-16)17(22)21-13-6-5-12(24-2)9-15(13)25-3/h5-6,9-11H,4,7-8H2,1-3H3,(H,18,20)(H,21,22). The highest BCUT2D eigenvalue weighted by Crippen LogP contribution is 2.29. The monoisotopic (exact) mass is 346 g/mol. The number of methoxy groups -OCH3 is 3. The van der Waals surface area contributed by atoms with Gasteiger partial charge in [-0.3, -0.25) is 4.79 Å². The van der Waals surface area contributed by atoms with Crippen LogP contribution in [0.5, 0.6) is 11.5 Å². The molecule has 0 radical (unpaired) electrons. The van der Waals surface area contributed by atoms with Gasteiger partial charge in [0.1, 0.15) is 23.0 Å². The molecule has 1 heterocycles. The fraction of sp³-hybridized carbons (Fsp3) is 0.353. The second kappa shape index (κ2) is 9.43. The quantitative estimate of drug-likeness (QED) is 0.672. The molecular weight excluding hydrogens is 324 g/mol. The van der Waals surface area contributed by atoms with E-state index in [4.69, 9.17) is 14.2 Å². The van der Waals surface area contributed by atoms with Gasteiger partial charge in [0.05, 0.1) is 32.3 Å². The first kappa shape index (κ1) is 18.5. The number of amides is 1. The van der Waals surface area contributed by atoms with Gasteiger partial charge in [-0.25, -0.2) is 9.97 Å². The first-order valence-electron chi connectivity index (χ1n) is 7.76. The molecule has 25 heavy (non-hydrogen) atoms. The van der Waals surface area contributed by atoms with Crippen LogP contribution in [-0.4, -0.2) is 50.4 Å². The van der Waals surface area contributed by atoms with E-state index >= 15 is 0 Å². The van der Waals surface area contributed by atoms with Crippen molar-refractivity contribution in [3.8, 4) is 11.5 Å². The number of carbonyl (C=O) groups is 1. The predicted molar refractivity (Wildman–Crippen MR) is 94.5 cm³/mol. The molecule has 8 nitrogen and oxygen atoms in total. The number of aromatic nitrogens is 2. The highest BCUT2D eigenvalue weighted by Gasteiger charge is 2.12. The Kier molecular flexibility index (Phi) is 6.97. The van der Waals surface area contributed by atoms with Crippen LogP contribution < -0.4 is 20.1 Å². The molecule has 0 saturated heterocycles. The zero-order valence-electron chi connectivity index (χ0n) is 14.5. The van der Waals surface area contributed by atoms with Crippen LogP contribution in [0.25, 0.3) is 0 Å². The third-order valence-corrected chi connectivity index (χ3v) is 3.37. The number of nitrogens with one attached hydrogen (secondary N) is 2. The van der Waals surface area contributed by atoms with Crippen molar-refractivity contribution in [3.63, 3.8) is 0 Å². The molecule has 0 fully saturated rings. The smallest absolute Gasteiger partial charge is 0.275 e. The minimum atomic E-state index is -0.373. The number of benzene rings is 1. The molecule has 2 aromatic rings. The molecule has 1 aromatic heterocycles. The molecule has 2 rings (SSSR count). The van der Waals surface area contributed by atoms with Crippen molar-refractivity contribution in [1.82, 2.24) is 9.97 Å². The maximum Gasteiger partial charge on any atom is 0.275 e. The van der Waals surface area contributed by atoms with E-state index in [0.717, 1.165) is 13.0 Å². The van der Waals surface area contributed by atoms with E-state index in [0.29, 0.717) is 29.6 Å². The summed E-state index contributed by atoms with van der Waals surface area (Å²) in [6.45, 7) is 1.39. The van der Waals surface area contributed by atoms with Crippen molar-refractivity contribution in [1.29, 1.82) is 0 Å². The molecule has 0 bridgehead atoms. The largest absolute Gasteiger partial charge is 0.497 e. The van der Waals surface area contributed by atoms with Crippen LogP contribution in [0.15, 0.2) is 30.6 Å². The lowest BCUT2D eigenvalue weighted by molar-refractivity contribution is 0.102. The summed E-state index contributed by atoms with van der Waals surface area (Å²) in [6, 6.07) is 5.12. The van der Waals surface area contributed by atoms with E-state index in [1.807, 2.05) is 0 Å². The van der Waals surface area contributed by atoms with Crippen molar-refractivity contribution < 1.29 is 19.0 Å².